The lowest BCUT2D eigenvalue weighted by molar-refractivity contribution is -0.141. The van der Waals surface area contributed by atoms with Gasteiger partial charge in [0.05, 0.1) is 0 Å². The van der Waals surface area contributed by atoms with E-state index in [1.54, 1.807) is 0 Å². The molecule has 7 heteroatoms. The first-order valence-corrected chi connectivity index (χ1v) is 4.98. The van der Waals surface area contributed by atoms with Gasteiger partial charge < -0.3 is 9.84 Å². The van der Waals surface area contributed by atoms with Gasteiger partial charge >= 0.3 is 12.1 Å². The van der Waals surface area contributed by atoms with Crippen molar-refractivity contribution in [2.24, 2.45) is 0 Å². The van der Waals surface area contributed by atoms with Crippen molar-refractivity contribution in [1.82, 2.24) is 4.98 Å². The van der Waals surface area contributed by atoms with Crippen LogP contribution in [-0.4, -0.2) is 16.1 Å². The van der Waals surface area contributed by atoms with Gasteiger partial charge in [-0.15, -0.1) is 0 Å². The molecule has 1 aliphatic heterocycles. The summed E-state index contributed by atoms with van der Waals surface area (Å²) in [5, 5.41) is 8.66. The third-order valence-electron chi connectivity index (χ3n) is 2.22. The Morgan fingerprint density at radius 1 is 1.42 bits per heavy atom. The van der Waals surface area contributed by atoms with Crippen molar-refractivity contribution in [3.63, 3.8) is 0 Å². The van der Waals surface area contributed by atoms with E-state index in [0.29, 0.717) is 0 Å². The maximum Gasteiger partial charge on any atom is 0.433 e. The van der Waals surface area contributed by atoms with Crippen LogP contribution >= 0.6 is 0 Å². The first-order valence-electron chi connectivity index (χ1n) is 4.98. The fraction of sp³-hybridized carbons (Fsp3) is 0.0833. The number of rotatable bonds is 2. The summed E-state index contributed by atoms with van der Waals surface area (Å²) in [4.78, 5) is 13.8. The van der Waals surface area contributed by atoms with E-state index in [0.717, 1.165) is 24.6 Å². The topological polar surface area (TPSA) is 59.4 Å². The monoisotopic (exact) mass is 269 g/mol. The molecule has 1 N–H and O–H groups in total. The molecule has 19 heavy (non-hydrogen) atoms. The summed E-state index contributed by atoms with van der Waals surface area (Å²) in [5.41, 5.74) is 1.38. The van der Waals surface area contributed by atoms with Crippen molar-refractivity contribution in [2.45, 2.75) is 6.18 Å². The fourth-order valence-electron chi connectivity index (χ4n) is 1.32. The predicted molar refractivity (Wildman–Crippen MR) is 57.5 cm³/mol. The smallest absolute Gasteiger partial charge is 0.433 e. The van der Waals surface area contributed by atoms with Crippen molar-refractivity contribution in [2.75, 3.05) is 0 Å². The number of pyridine rings is 1. The molecule has 0 fully saturated rings. The Hall–Kier alpha value is -2.53. The third-order valence-corrected chi connectivity index (χ3v) is 2.22. The van der Waals surface area contributed by atoms with E-state index in [2.05, 4.69) is 10.7 Å². The van der Waals surface area contributed by atoms with E-state index >= 15 is 0 Å². The lowest BCUT2D eigenvalue weighted by Gasteiger charge is -2.10. The molecule has 1 aromatic rings. The molecule has 0 radical (unpaired) electrons. The van der Waals surface area contributed by atoms with Crippen LogP contribution in [0.4, 0.5) is 13.2 Å². The van der Waals surface area contributed by atoms with Crippen molar-refractivity contribution in [1.29, 1.82) is 0 Å². The highest BCUT2D eigenvalue weighted by Crippen LogP contribution is 2.29. The van der Waals surface area contributed by atoms with E-state index in [1.807, 2.05) is 0 Å². The molecule has 0 atom stereocenters. The summed E-state index contributed by atoms with van der Waals surface area (Å²) in [7, 11) is 0. The molecular formula is C12H6F3NO3. The Labute approximate surface area is 105 Å². The van der Waals surface area contributed by atoms with Gasteiger partial charge in [-0.3, -0.25) is 4.98 Å². The van der Waals surface area contributed by atoms with Gasteiger partial charge in [0.25, 0.3) is 0 Å². The first kappa shape index (κ1) is 12.9. The van der Waals surface area contributed by atoms with Crippen LogP contribution in [0.1, 0.15) is 11.3 Å². The predicted octanol–water partition coefficient (Wildman–Crippen LogP) is 2.60. The molecule has 1 aliphatic rings. The minimum atomic E-state index is -4.56. The number of carboxylic acids is 1. The molecule has 0 unspecified atom stereocenters. The summed E-state index contributed by atoms with van der Waals surface area (Å²) in [5.74, 6) is -1.21. The number of carbonyl (C=O) groups is 1. The van der Waals surface area contributed by atoms with Gasteiger partial charge in [0.1, 0.15) is 17.5 Å². The number of alkyl halides is 3. The van der Waals surface area contributed by atoms with Gasteiger partial charge in [0, 0.05) is 17.8 Å². The molecule has 98 valence electrons. The zero-order chi connectivity index (χ0) is 14.0. The number of carboxylic acid groups (broad SMARTS) is 1. The average Bonchev–Trinajstić information content (AvgIpc) is 2.38. The Kier molecular flexibility index (Phi) is 3.14. The highest BCUT2D eigenvalue weighted by Gasteiger charge is 2.32. The Bertz CT molecular complexity index is 625. The van der Waals surface area contributed by atoms with Crippen LogP contribution in [0, 0.1) is 0 Å². The molecule has 0 amide bonds. The highest BCUT2D eigenvalue weighted by atomic mass is 19.4. The van der Waals surface area contributed by atoms with E-state index in [9.17, 15) is 18.0 Å². The van der Waals surface area contributed by atoms with Gasteiger partial charge in [-0.2, -0.15) is 13.2 Å². The Morgan fingerprint density at radius 3 is 2.68 bits per heavy atom. The number of hydrogen-bond acceptors (Lipinski definition) is 3. The lowest BCUT2D eigenvalue weighted by Crippen LogP contribution is -2.08. The lowest BCUT2D eigenvalue weighted by atomic mass is 10.1. The van der Waals surface area contributed by atoms with E-state index in [1.165, 1.54) is 6.07 Å². The van der Waals surface area contributed by atoms with Crippen molar-refractivity contribution < 1.29 is 27.8 Å². The molecule has 0 bridgehead atoms. The van der Waals surface area contributed by atoms with Crippen molar-refractivity contribution >= 4 is 11.7 Å². The molecule has 4 nitrogen and oxygen atoms in total. The molecule has 0 saturated heterocycles. The summed E-state index contributed by atoms with van der Waals surface area (Å²) in [6.07, 6.45) is -1.51. The Balaban J connectivity index is 2.36. The summed E-state index contributed by atoms with van der Waals surface area (Å²) in [6, 6.07) is 2.11. The molecular weight excluding hydrogens is 263 g/mol. The maximum atomic E-state index is 12.5. The van der Waals surface area contributed by atoms with Gasteiger partial charge in [-0.05, 0) is 12.1 Å². The number of hydrogen-bond donors (Lipinski definition) is 1. The zero-order valence-corrected chi connectivity index (χ0v) is 9.23. The SMILES string of the molecule is O=C(O)C1=COC(c2ccnc(C(F)(F)F)c2)=C=C1. The quantitative estimate of drug-likeness (QED) is 0.838. The highest BCUT2D eigenvalue weighted by molar-refractivity contribution is 5.90. The van der Waals surface area contributed by atoms with Gasteiger partial charge in [-0.25, -0.2) is 4.79 Å². The number of aliphatic carboxylic acids is 1. The number of halogens is 3. The largest absolute Gasteiger partial charge is 0.478 e. The van der Waals surface area contributed by atoms with E-state index in [4.69, 9.17) is 9.84 Å². The standard InChI is InChI=1S/C12H6F3NO3/c13-12(14,15)10-5-7(3-4-16-10)9-2-1-8(6-19-9)11(17)18/h1,3-6H,(H,17,18). The number of ether oxygens (including phenoxy) is 1. The summed E-state index contributed by atoms with van der Waals surface area (Å²) < 4.78 is 42.4. The minimum absolute atomic E-state index is 0.00194. The molecule has 2 rings (SSSR count). The average molecular weight is 269 g/mol. The maximum absolute atomic E-state index is 12.5. The molecule has 2 heterocycles. The number of nitrogens with zero attached hydrogens (tertiary/aromatic N) is 1. The zero-order valence-electron chi connectivity index (χ0n) is 9.23. The van der Waals surface area contributed by atoms with Gasteiger partial charge in [0.2, 0.25) is 0 Å². The second-order valence-electron chi connectivity index (χ2n) is 3.54. The van der Waals surface area contributed by atoms with Crippen LogP contribution in [0.15, 0.2) is 42.0 Å². The van der Waals surface area contributed by atoms with E-state index < -0.39 is 17.8 Å². The molecule has 0 spiro atoms. The molecule has 0 aromatic carbocycles. The van der Waals surface area contributed by atoms with E-state index in [-0.39, 0.29) is 16.9 Å². The normalized spacial score (nSPS) is 14.5. The van der Waals surface area contributed by atoms with Crippen LogP contribution in [0.3, 0.4) is 0 Å². The van der Waals surface area contributed by atoms with Crippen LogP contribution < -0.4 is 0 Å². The summed E-state index contributed by atoms with van der Waals surface area (Å²) in [6.45, 7) is 0. The van der Waals surface area contributed by atoms with Gasteiger partial charge in [-0.1, -0.05) is 5.73 Å². The summed E-state index contributed by atoms with van der Waals surface area (Å²) >= 11 is 0. The van der Waals surface area contributed by atoms with Crippen molar-refractivity contribution in [3.8, 4) is 0 Å². The second-order valence-corrected chi connectivity index (χ2v) is 3.54. The third kappa shape index (κ3) is 2.83. The molecule has 0 aliphatic carbocycles. The van der Waals surface area contributed by atoms with Crippen LogP contribution in [0.25, 0.3) is 5.76 Å². The van der Waals surface area contributed by atoms with Crippen LogP contribution in [0.5, 0.6) is 0 Å². The first-order chi connectivity index (χ1) is 8.88. The second kappa shape index (κ2) is 4.62. The fourth-order valence-corrected chi connectivity index (χ4v) is 1.32. The van der Waals surface area contributed by atoms with Crippen LogP contribution in [-0.2, 0) is 15.7 Å². The minimum Gasteiger partial charge on any atom is -0.478 e. The Morgan fingerprint density at radius 2 is 2.16 bits per heavy atom. The number of aromatic nitrogens is 1. The van der Waals surface area contributed by atoms with Crippen molar-refractivity contribution in [3.05, 3.63) is 53.2 Å². The van der Waals surface area contributed by atoms with Gasteiger partial charge in [0.15, 0.2) is 5.76 Å². The molecule has 1 aromatic heterocycles. The molecule has 0 saturated carbocycles. The van der Waals surface area contributed by atoms with Crippen LogP contribution in [0.2, 0.25) is 0 Å².